The molecule has 0 radical (unpaired) electrons. The number of hydrogen-bond donors (Lipinski definition) is 2. The molecule has 0 aromatic rings. The van der Waals surface area contributed by atoms with Crippen molar-refractivity contribution in [3.8, 4) is 0 Å². The average molecular weight is 212 g/mol. The van der Waals surface area contributed by atoms with Crippen molar-refractivity contribution in [1.82, 2.24) is 10.2 Å². The van der Waals surface area contributed by atoms with E-state index < -0.39 is 0 Å². The van der Waals surface area contributed by atoms with Crippen molar-refractivity contribution in [1.29, 1.82) is 0 Å². The molecule has 1 atom stereocenters. The Labute approximate surface area is 92.8 Å². The van der Waals surface area contributed by atoms with Gasteiger partial charge in [0.2, 0.25) is 0 Å². The molecule has 2 saturated heterocycles. The van der Waals surface area contributed by atoms with Crippen LogP contribution in [0.1, 0.15) is 38.5 Å². The fourth-order valence-corrected chi connectivity index (χ4v) is 3.10. The molecule has 1 unspecified atom stereocenters. The fraction of sp³-hybridized carbons (Fsp3) is 1.00. The third kappa shape index (κ3) is 2.92. The first-order valence-corrected chi connectivity index (χ1v) is 6.49. The quantitative estimate of drug-likeness (QED) is 0.732. The van der Waals surface area contributed by atoms with Gasteiger partial charge in [0.25, 0.3) is 0 Å². The van der Waals surface area contributed by atoms with Crippen LogP contribution in [0.25, 0.3) is 0 Å². The summed E-state index contributed by atoms with van der Waals surface area (Å²) in [7, 11) is 0. The standard InChI is InChI=1S/C12H24N2O/c15-10-6-11-3-1-2-9-14(11)12-4-7-13-8-5-12/h11-13,15H,1-10H2. The highest BCUT2D eigenvalue weighted by atomic mass is 16.3. The Hall–Kier alpha value is -0.120. The predicted octanol–water partition coefficient (Wildman–Crippen LogP) is 0.975. The zero-order chi connectivity index (χ0) is 10.5. The Balaban J connectivity index is 1.90. The number of aliphatic hydroxyl groups excluding tert-OH is 1. The van der Waals surface area contributed by atoms with Crippen LogP contribution in [-0.4, -0.2) is 48.3 Å². The van der Waals surface area contributed by atoms with Crippen LogP contribution < -0.4 is 5.32 Å². The molecule has 0 spiro atoms. The van der Waals surface area contributed by atoms with Crippen LogP contribution in [0, 0.1) is 0 Å². The second kappa shape index (κ2) is 5.83. The van der Waals surface area contributed by atoms with Gasteiger partial charge in [-0.1, -0.05) is 6.42 Å². The van der Waals surface area contributed by atoms with Crippen molar-refractivity contribution in [3.05, 3.63) is 0 Å². The zero-order valence-corrected chi connectivity index (χ0v) is 9.62. The fourth-order valence-electron chi connectivity index (χ4n) is 3.10. The molecule has 0 amide bonds. The van der Waals surface area contributed by atoms with E-state index in [-0.39, 0.29) is 0 Å². The van der Waals surface area contributed by atoms with E-state index in [1.807, 2.05) is 0 Å². The number of aliphatic hydroxyl groups is 1. The summed E-state index contributed by atoms with van der Waals surface area (Å²) in [6, 6.07) is 1.44. The lowest BCUT2D eigenvalue weighted by Crippen LogP contribution is -2.50. The summed E-state index contributed by atoms with van der Waals surface area (Å²) in [4.78, 5) is 2.68. The van der Waals surface area contributed by atoms with Gasteiger partial charge in [0.05, 0.1) is 0 Å². The van der Waals surface area contributed by atoms with Crippen LogP contribution in [0.2, 0.25) is 0 Å². The van der Waals surface area contributed by atoms with Gasteiger partial charge in [-0.2, -0.15) is 0 Å². The van der Waals surface area contributed by atoms with E-state index in [4.69, 9.17) is 5.11 Å². The largest absolute Gasteiger partial charge is 0.396 e. The van der Waals surface area contributed by atoms with Gasteiger partial charge in [-0.15, -0.1) is 0 Å². The van der Waals surface area contributed by atoms with E-state index in [0.29, 0.717) is 12.6 Å². The Bertz CT molecular complexity index is 168. The SMILES string of the molecule is OCCC1CCCCN1C1CCNCC1. The number of piperidine rings is 2. The maximum absolute atomic E-state index is 9.10. The Morgan fingerprint density at radius 1 is 1.13 bits per heavy atom. The molecule has 3 nitrogen and oxygen atoms in total. The maximum Gasteiger partial charge on any atom is 0.0445 e. The van der Waals surface area contributed by atoms with Gasteiger partial charge in [-0.25, -0.2) is 0 Å². The molecule has 2 N–H and O–H groups in total. The summed E-state index contributed by atoms with van der Waals surface area (Å²) >= 11 is 0. The Morgan fingerprint density at radius 2 is 1.93 bits per heavy atom. The van der Waals surface area contributed by atoms with Crippen molar-refractivity contribution in [2.24, 2.45) is 0 Å². The smallest absolute Gasteiger partial charge is 0.0445 e. The third-order valence-corrected chi connectivity index (χ3v) is 3.91. The van der Waals surface area contributed by atoms with Gasteiger partial charge in [-0.3, -0.25) is 4.90 Å². The average Bonchev–Trinajstić information content (AvgIpc) is 2.31. The molecular weight excluding hydrogens is 188 g/mol. The number of likely N-dealkylation sites (tertiary alicyclic amines) is 1. The highest BCUT2D eigenvalue weighted by Gasteiger charge is 2.28. The highest BCUT2D eigenvalue weighted by molar-refractivity contribution is 4.85. The van der Waals surface area contributed by atoms with E-state index in [0.717, 1.165) is 12.5 Å². The van der Waals surface area contributed by atoms with Crippen LogP contribution in [-0.2, 0) is 0 Å². The first-order valence-electron chi connectivity index (χ1n) is 6.49. The molecule has 3 heteroatoms. The monoisotopic (exact) mass is 212 g/mol. The van der Waals surface area contributed by atoms with Gasteiger partial charge in [-0.05, 0) is 51.7 Å². The minimum Gasteiger partial charge on any atom is -0.396 e. The lowest BCUT2D eigenvalue weighted by atomic mass is 9.94. The van der Waals surface area contributed by atoms with E-state index in [9.17, 15) is 0 Å². The van der Waals surface area contributed by atoms with Crippen molar-refractivity contribution < 1.29 is 5.11 Å². The van der Waals surface area contributed by atoms with Crippen LogP contribution in [0.15, 0.2) is 0 Å². The molecule has 0 aromatic heterocycles. The minimum absolute atomic E-state index is 0.353. The molecule has 2 heterocycles. The number of hydrogen-bond acceptors (Lipinski definition) is 3. The predicted molar refractivity (Wildman–Crippen MR) is 61.9 cm³/mol. The van der Waals surface area contributed by atoms with Crippen molar-refractivity contribution >= 4 is 0 Å². The van der Waals surface area contributed by atoms with Crippen LogP contribution in [0.4, 0.5) is 0 Å². The summed E-state index contributed by atoms with van der Waals surface area (Å²) < 4.78 is 0. The molecule has 2 rings (SSSR count). The molecule has 2 aliphatic heterocycles. The lowest BCUT2D eigenvalue weighted by Gasteiger charge is -2.42. The molecule has 2 fully saturated rings. The molecule has 0 aromatic carbocycles. The van der Waals surface area contributed by atoms with Gasteiger partial charge in [0, 0.05) is 18.7 Å². The van der Waals surface area contributed by atoms with E-state index >= 15 is 0 Å². The van der Waals surface area contributed by atoms with Crippen LogP contribution in [0.3, 0.4) is 0 Å². The molecule has 15 heavy (non-hydrogen) atoms. The zero-order valence-electron chi connectivity index (χ0n) is 9.62. The minimum atomic E-state index is 0.353. The second-order valence-corrected chi connectivity index (χ2v) is 4.88. The maximum atomic E-state index is 9.10. The molecule has 0 bridgehead atoms. The molecule has 2 aliphatic rings. The Morgan fingerprint density at radius 3 is 2.67 bits per heavy atom. The van der Waals surface area contributed by atoms with Crippen molar-refractivity contribution in [2.75, 3.05) is 26.2 Å². The van der Waals surface area contributed by atoms with Crippen LogP contribution in [0.5, 0.6) is 0 Å². The van der Waals surface area contributed by atoms with Crippen molar-refractivity contribution in [2.45, 2.75) is 50.6 Å². The molecule has 88 valence electrons. The molecule has 0 saturated carbocycles. The van der Waals surface area contributed by atoms with Gasteiger partial charge in [0.15, 0.2) is 0 Å². The second-order valence-electron chi connectivity index (χ2n) is 4.88. The van der Waals surface area contributed by atoms with E-state index in [2.05, 4.69) is 10.2 Å². The van der Waals surface area contributed by atoms with Crippen molar-refractivity contribution in [3.63, 3.8) is 0 Å². The summed E-state index contributed by atoms with van der Waals surface area (Å²) in [5.41, 5.74) is 0. The Kier molecular flexibility index (Phi) is 4.42. The molecular formula is C12H24N2O. The topological polar surface area (TPSA) is 35.5 Å². The summed E-state index contributed by atoms with van der Waals surface area (Å²) in [5.74, 6) is 0. The lowest BCUT2D eigenvalue weighted by molar-refractivity contribution is 0.0609. The van der Waals surface area contributed by atoms with E-state index in [1.165, 1.54) is 51.7 Å². The summed E-state index contributed by atoms with van der Waals surface area (Å²) in [6.07, 6.45) is 7.57. The highest BCUT2D eigenvalue weighted by Crippen LogP contribution is 2.25. The van der Waals surface area contributed by atoms with E-state index in [1.54, 1.807) is 0 Å². The third-order valence-electron chi connectivity index (χ3n) is 3.91. The number of rotatable bonds is 3. The first kappa shape index (κ1) is 11.4. The van der Waals surface area contributed by atoms with Gasteiger partial charge >= 0.3 is 0 Å². The summed E-state index contributed by atoms with van der Waals surface area (Å²) in [6.45, 7) is 3.96. The number of nitrogens with zero attached hydrogens (tertiary/aromatic N) is 1. The number of nitrogens with one attached hydrogen (secondary N) is 1. The van der Waals surface area contributed by atoms with Gasteiger partial charge < -0.3 is 10.4 Å². The van der Waals surface area contributed by atoms with Gasteiger partial charge in [0.1, 0.15) is 0 Å². The summed E-state index contributed by atoms with van der Waals surface area (Å²) in [5, 5.41) is 12.5. The first-order chi connectivity index (χ1) is 7.42. The van der Waals surface area contributed by atoms with Crippen LogP contribution >= 0.6 is 0 Å². The molecule has 0 aliphatic carbocycles. The normalized spacial score (nSPS) is 30.6.